The van der Waals surface area contributed by atoms with Gasteiger partial charge in [0.05, 0.1) is 12.8 Å². The largest absolute Gasteiger partial charge is 0.494 e. The van der Waals surface area contributed by atoms with E-state index in [9.17, 15) is 0 Å². The first kappa shape index (κ1) is 12.6. The number of benzene rings is 1. The Balaban J connectivity index is 2.56. The molecule has 0 spiro atoms. The molecule has 0 radical (unpaired) electrons. The van der Waals surface area contributed by atoms with E-state index < -0.39 is 0 Å². The van der Waals surface area contributed by atoms with Crippen LogP contribution in [0.25, 0.3) is 0 Å². The molecule has 0 aliphatic heterocycles. The quantitative estimate of drug-likeness (QED) is 0.418. The molecule has 0 heterocycles. The van der Waals surface area contributed by atoms with Gasteiger partial charge < -0.3 is 9.75 Å². The second kappa shape index (κ2) is 6.88. The highest BCUT2D eigenvalue weighted by atomic mass is 16.5. The summed E-state index contributed by atoms with van der Waals surface area (Å²) in [6.07, 6.45) is 4.07. The highest BCUT2D eigenvalue weighted by Crippen LogP contribution is 2.12. The van der Waals surface area contributed by atoms with E-state index in [0.29, 0.717) is 0 Å². The molecule has 0 unspecified atom stereocenters. The van der Waals surface area contributed by atoms with E-state index in [1.807, 2.05) is 44.6 Å². The van der Waals surface area contributed by atoms with Gasteiger partial charge in [-0.3, -0.25) is 0 Å². The molecule has 88 valence electrons. The number of rotatable bonds is 6. The molecule has 3 nitrogen and oxygen atoms in total. The molecule has 0 N–H and O–H groups in total. The standard InChI is InChI=1S/C13H20N2O/c1-4-5-9-16-13-8-6-7-12(10-13)11-14-15(2)3/h6-8,10-11H,4-5,9H2,1-3H3/b14-11+. The maximum Gasteiger partial charge on any atom is 0.119 e. The van der Waals surface area contributed by atoms with Gasteiger partial charge in [0, 0.05) is 14.1 Å². The Bertz CT molecular complexity index is 334. The van der Waals surface area contributed by atoms with E-state index in [4.69, 9.17) is 4.74 Å². The molecule has 1 aromatic rings. The van der Waals surface area contributed by atoms with Crippen molar-refractivity contribution >= 4 is 6.21 Å². The first-order valence-corrected chi connectivity index (χ1v) is 5.66. The maximum absolute atomic E-state index is 5.62. The fourth-order valence-corrected chi connectivity index (χ4v) is 1.20. The average molecular weight is 220 g/mol. The molecule has 16 heavy (non-hydrogen) atoms. The van der Waals surface area contributed by atoms with Gasteiger partial charge >= 0.3 is 0 Å². The van der Waals surface area contributed by atoms with Crippen molar-refractivity contribution in [2.75, 3.05) is 20.7 Å². The van der Waals surface area contributed by atoms with Crippen LogP contribution in [0.2, 0.25) is 0 Å². The van der Waals surface area contributed by atoms with Crippen LogP contribution in [0.1, 0.15) is 25.3 Å². The second-order valence-electron chi connectivity index (χ2n) is 3.87. The topological polar surface area (TPSA) is 24.8 Å². The SMILES string of the molecule is CCCCOc1cccc(/C=N/N(C)C)c1. The summed E-state index contributed by atoms with van der Waals surface area (Å²) >= 11 is 0. The molecule has 1 rings (SSSR count). The summed E-state index contributed by atoms with van der Waals surface area (Å²) in [4.78, 5) is 0. The van der Waals surface area contributed by atoms with Gasteiger partial charge in [0.25, 0.3) is 0 Å². The van der Waals surface area contributed by atoms with Crippen LogP contribution in [-0.2, 0) is 0 Å². The van der Waals surface area contributed by atoms with Crippen molar-refractivity contribution in [1.29, 1.82) is 0 Å². The van der Waals surface area contributed by atoms with Crippen molar-refractivity contribution in [3.63, 3.8) is 0 Å². The van der Waals surface area contributed by atoms with E-state index in [-0.39, 0.29) is 0 Å². The van der Waals surface area contributed by atoms with Crippen LogP contribution in [0.15, 0.2) is 29.4 Å². The second-order valence-corrected chi connectivity index (χ2v) is 3.87. The Morgan fingerprint density at radius 1 is 1.38 bits per heavy atom. The van der Waals surface area contributed by atoms with Gasteiger partial charge in [-0.05, 0) is 24.1 Å². The predicted octanol–water partition coefficient (Wildman–Crippen LogP) is 2.76. The van der Waals surface area contributed by atoms with Crippen LogP contribution in [0, 0.1) is 0 Å². The summed E-state index contributed by atoms with van der Waals surface area (Å²) in [5, 5.41) is 5.95. The van der Waals surface area contributed by atoms with E-state index in [1.165, 1.54) is 0 Å². The molecular weight excluding hydrogens is 200 g/mol. The molecule has 0 bridgehead atoms. The van der Waals surface area contributed by atoms with Gasteiger partial charge in [-0.15, -0.1) is 0 Å². The van der Waals surface area contributed by atoms with Gasteiger partial charge in [-0.25, -0.2) is 0 Å². The minimum absolute atomic E-state index is 0.783. The van der Waals surface area contributed by atoms with E-state index in [1.54, 1.807) is 5.01 Å². The van der Waals surface area contributed by atoms with Crippen molar-refractivity contribution in [3.05, 3.63) is 29.8 Å². The zero-order chi connectivity index (χ0) is 11.8. The molecule has 3 heteroatoms. The smallest absolute Gasteiger partial charge is 0.119 e. The normalized spacial score (nSPS) is 10.7. The maximum atomic E-state index is 5.62. The summed E-state index contributed by atoms with van der Waals surface area (Å²) in [7, 11) is 3.80. The summed E-state index contributed by atoms with van der Waals surface area (Å²) in [5.74, 6) is 0.913. The molecule has 0 saturated carbocycles. The Labute approximate surface area is 97.7 Å². The van der Waals surface area contributed by atoms with Crippen molar-refractivity contribution in [1.82, 2.24) is 5.01 Å². The molecular formula is C13H20N2O. The van der Waals surface area contributed by atoms with E-state index >= 15 is 0 Å². The molecule has 0 aliphatic rings. The Morgan fingerprint density at radius 2 is 2.19 bits per heavy atom. The lowest BCUT2D eigenvalue weighted by molar-refractivity contribution is 0.309. The predicted molar refractivity (Wildman–Crippen MR) is 68.1 cm³/mol. The lowest BCUT2D eigenvalue weighted by atomic mass is 10.2. The summed E-state index contributed by atoms with van der Waals surface area (Å²) < 4.78 is 5.62. The van der Waals surface area contributed by atoms with Gasteiger partial charge in [0.2, 0.25) is 0 Å². The van der Waals surface area contributed by atoms with Gasteiger partial charge in [-0.1, -0.05) is 25.5 Å². The highest BCUT2D eigenvalue weighted by Gasteiger charge is 1.94. The molecule has 0 aromatic heterocycles. The lowest BCUT2D eigenvalue weighted by Gasteiger charge is -2.06. The van der Waals surface area contributed by atoms with Gasteiger partial charge in [0.15, 0.2) is 0 Å². The van der Waals surface area contributed by atoms with Gasteiger partial charge in [-0.2, -0.15) is 5.10 Å². The van der Waals surface area contributed by atoms with Crippen LogP contribution in [0.4, 0.5) is 0 Å². The minimum Gasteiger partial charge on any atom is -0.494 e. The molecule has 1 aromatic carbocycles. The fourth-order valence-electron chi connectivity index (χ4n) is 1.20. The van der Waals surface area contributed by atoms with E-state index in [2.05, 4.69) is 12.0 Å². The Hall–Kier alpha value is -1.51. The van der Waals surface area contributed by atoms with Crippen LogP contribution in [0.3, 0.4) is 0 Å². The van der Waals surface area contributed by atoms with Crippen molar-refractivity contribution < 1.29 is 4.74 Å². The molecule has 0 amide bonds. The highest BCUT2D eigenvalue weighted by molar-refractivity contribution is 5.79. The molecule has 0 atom stereocenters. The zero-order valence-corrected chi connectivity index (χ0v) is 10.3. The van der Waals surface area contributed by atoms with Gasteiger partial charge in [0.1, 0.15) is 5.75 Å². The third-order valence-electron chi connectivity index (χ3n) is 2.06. The summed E-state index contributed by atoms with van der Waals surface area (Å²) in [6.45, 7) is 2.94. The minimum atomic E-state index is 0.783. The van der Waals surface area contributed by atoms with Crippen LogP contribution in [-0.4, -0.2) is 31.9 Å². The third kappa shape index (κ3) is 4.82. The van der Waals surface area contributed by atoms with Crippen molar-refractivity contribution in [2.45, 2.75) is 19.8 Å². The monoisotopic (exact) mass is 220 g/mol. The Kier molecular flexibility index (Phi) is 5.40. The number of hydrogen-bond acceptors (Lipinski definition) is 3. The Morgan fingerprint density at radius 3 is 2.88 bits per heavy atom. The number of hydrazone groups is 1. The van der Waals surface area contributed by atoms with Crippen LogP contribution in [0.5, 0.6) is 5.75 Å². The molecule has 0 aliphatic carbocycles. The summed E-state index contributed by atoms with van der Waals surface area (Å²) in [5.41, 5.74) is 1.06. The van der Waals surface area contributed by atoms with Crippen LogP contribution >= 0.6 is 0 Å². The molecule has 0 saturated heterocycles. The first-order chi connectivity index (χ1) is 7.72. The number of ether oxygens (including phenoxy) is 1. The molecule has 0 fully saturated rings. The van der Waals surface area contributed by atoms with E-state index in [0.717, 1.165) is 30.8 Å². The van der Waals surface area contributed by atoms with Crippen LogP contribution < -0.4 is 4.74 Å². The number of nitrogens with zero attached hydrogens (tertiary/aromatic N) is 2. The summed E-state index contributed by atoms with van der Waals surface area (Å²) in [6, 6.07) is 7.98. The first-order valence-electron chi connectivity index (χ1n) is 5.66. The number of unbranched alkanes of at least 4 members (excludes halogenated alkanes) is 1. The van der Waals surface area contributed by atoms with Crippen molar-refractivity contribution in [2.24, 2.45) is 5.10 Å². The number of hydrogen-bond donors (Lipinski definition) is 0. The lowest BCUT2D eigenvalue weighted by Crippen LogP contribution is -2.02. The average Bonchev–Trinajstić information content (AvgIpc) is 2.27. The van der Waals surface area contributed by atoms with Crippen molar-refractivity contribution in [3.8, 4) is 5.75 Å². The fraction of sp³-hybridized carbons (Fsp3) is 0.462. The third-order valence-corrected chi connectivity index (χ3v) is 2.06. The zero-order valence-electron chi connectivity index (χ0n) is 10.3.